The van der Waals surface area contributed by atoms with Gasteiger partial charge in [-0.1, -0.05) is 53.6 Å². The van der Waals surface area contributed by atoms with Crippen LogP contribution in [0.3, 0.4) is 0 Å². The van der Waals surface area contributed by atoms with Crippen LogP contribution in [0, 0.1) is 0 Å². The molecule has 0 aromatic heterocycles. The molecule has 0 heterocycles. The van der Waals surface area contributed by atoms with Crippen LogP contribution in [0.1, 0.15) is 18.4 Å². The predicted octanol–water partition coefficient (Wildman–Crippen LogP) is 5.20. The predicted molar refractivity (Wildman–Crippen MR) is 71.7 cm³/mol. The van der Waals surface area contributed by atoms with Gasteiger partial charge in [-0.25, -0.2) is 0 Å². The van der Waals surface area contributed by atoms with Gasteiger partial charge in [-0.2, -0.15) is 0 Å². The highest BCUT2D eigenvalue weighted by Gasteiger charge is 2.00. The molecule has 0 unspecified atom stereocenters. The number of hydrogen-bond donors (Lipinski definition) is 0. The van der Waals surface area contributed by atoms with Crippen molar-refractivity contribution >= 4 is 29.3 Å². The van der Waals surface area contributed by atoms with Crippen molar-refractivity contribution in [2.24, 2.45) is 0 Å². The Bertz CT molecular complexity index is 450. The topological polar surface area (TPSA) is 0 Å². The van der Waals surface area contributed by atoms with E-state index in [2.05, 4.69) is 18.2 Å². The fourth-order valence-corrected chi connectivity index (χ4v) is 1.83. The van der Waals surface area contributed by atoms with Gasteiger partial charge in [0.15, 0.2) is 0 Å². The highest BCUT2D eigenvalue weighted by atomic mass is 35.5. The summed E-state index contributed by atoms with van der Waals surface area (Å²) in [4.78, 5) is 0. The fraction of sp³-hybridized carbons (Fsp3) is 0.143. The van der Waals surface area contributed by atoms with Crippen LogP contribution >= 0.6 is 23.2 Å². The van der Waals surface area contributed by atoms with E-state index in [9.17, 15) is 0 Å². The Hall–Kier alpha value is -0.980. The van der Waals surface area contributed by atoms with E-state index >= 15 is 0 Å². The van der Waals surface area contributed by atoms with Crippen LogP contribution < -0.4 is 0 Å². The van der Waals surface area contributed by atoms with Gasteiger partial charge >= 0.3 is 0 Å². The summed E-state index contributed by atoms with van der Waals surface area (Å²) in [6, 6.07) is 7.80. The standard InChI is InChI=1S/C14H12Cl2/c15-13-7-3-11(4-8-13)1-2-12-5-9-14(16)10-6-12/h1-5,7-9H,6,10H2. The molecule has 0 N–H and O–H groups in total. The second kappa shape index (κ2) is 5.38. The Morgan fingerprint density at radius 2 is 1.62 bits per heavy atom. The van der Waals surface area contributed by atoms with E-state index in [1.807, 2.05) is 30.3 Å². The molecule has 0 amide bonds. The van der Waals surface area contributed by atoms with Crippen LogP contribution in [-0.4, -0.2) is 0 Å². The van der Waals surface area contributed by atoms with Crippen LogP contribution in [0.15, 0.2) is 53.1 Å². The zero-order valence-corrected chi connectivity index (χ0v) is 10.3. The minimum Gasteiger partial charge on any atom is -0.0891 e. The smallest absolute Gasteiger partial charge is 0.0406 e. The van der Waals surface area contributed by atoms with Crippen LogP contribution in [-0.2, 0) is 0 Å². The summed E-state index contributed by atoms with van der Waals surface area (Å²) in [6.07, 6.45) is 10.2. The summed E-state index contributed by atoms with van der Waals surface area (Å²) < 4.78 is 0. The maximum atomic E-state index is 5.89. The third kappa shape index (κ3) is 3.26. The molecule has 16 heavy (non-hydrogen) atoms. The molecule has 2 rings (SSSR count). The normalized spacial score (nSPS) is 16.1. The maximum Gasteiger partial charge on any atom is 0.0406 e. The van der Waals surface area contributed by atoms with E-state index in [4.69, 9.17) is 23.2 Å². The molecule has 0 saturated heterocycles. The van der Waals surface area contributed by atoms with Crippen molar-refractivity contribution in [3.05, 3.63) is 63.7 Å². The minimum absolute atomic E-state index is 0.767. The van der Waals surface area contributed by atoms with E-state index in [0.717, 1.165) is 28.5 Å². The van der Waals surface area contributed by atoms with E-state index in [0.29, 0.717) is 0 Å². The van der Waals surface area contributed by atoms with Crippen molar-refractivity contribution in [1.82, 2.24) is 0 Å². The number of hydrogen-bond acceptors (Lipinski definition) is 0. The quantitative estimate of drug-likeness (QED) is 0.678. The summed E-state index contributed by atoms with van der Waals surface area (Å²) in [5.74, 6) is 0. The molecular formula is C14H12Cl2. The molecule has 0 nitrogen and oxygen atoms in total. The summed E-state index contributed by atoms with van der Waals surface area (Å²) in [6.45, 7) is 0. The molecule has 0 radical (unpaired) electrons. The SMILES string of the molecule is ClC1=CC=C(C=Cc2ccc(Cl)cc2)CC1. The molecule has 0 aliphatic heterocycles. The van der Waals surface area contributed by atoms with Crippen molar-refractivity contribution in [1.29, 1.82) is 0 Å². The Balaban J connectivity index is 2.07. The molecule has 0 atom stereocenters. The van der Waals surface area contributed by atoms with Crippen LogP contribution in [0.5, 0.6) is 0 Å². The zero-order valence-electron chi connectivity index (χ0n) is 8.79. The first-order valence-corrected chi connectivity index (χ1v) is 5.98. The first kappa shape index (κ1) is 11.5. The van der Waals surface area contributed by atoms with Crippen molar-refractivity contribution in [2.75, 3.05) is 0 Å². The zero-order chi connectivity index (χ0) is 11.4. The number of benzene rings is 1. The average Bonchev–Trinajstić information content (AvgIpc) is 2.30. The van der Waals surface area contributed by atoms with Crippen molar-refractivity contribution < 1.29 is 0 Å². The Morgan fingerprint density at radius 1 is 0.875 bits per heavy atom. The molecule has 1 aliphatic rings. The summed E-state index contributed by atoms with van der Waals surface area (Å²) in [5.41, 5.74) is 2.46. The molecule has 0 bridgehead atoms. The molecule has 1 aliphatic carbocycles. The van der Waals surface area contributed by atoms with Gasteiger partial charge in [0.05, 0.1) is 0 Å². The largest absolute Gasteiger partial charge is 0.0891 e. The first-order chi connectivity index (χ1) is 7.74. The molecular weight excluding hydrogens is 239 g/mol. The van der Waals surface area contributed by atoms with Gasteiger partial charge in [0.2, 0.25) is 0 Å². The van der Waals surface area contributed by atoms with Gasteiger partial charge < -0.3 is 0 Å². The Morgan fingerprint density at radius 3 is 2.25 bits per heavy atom. The molecule has 0 spiro atoms. The highest BCUT2D eigenvalue weighted by Crippen LogP contribution is 2.22. The van der Waals surface area contributed by atoms with Crippen LogP contribution in [0.2, 0.25) is 5.02 Å². The van der Waals surface area contributed by atoms with Gasteiger partial charge in [-0.15, -0.1) is 0 Å². The molecule has 2 heteroatoms. The lowest BCUT2D eigenvalue weighted by atomic mass is 10.0. The number of allylic oxidation sites excluding steroid dienone is 5. The van der Waals surface area contributed by atoms with Crippen molar-refractivity contribution in [2.45, 2.75) is 12.8 Å². The van der Waals surface area contributed by atoms with E-state index in [1.54, 1.807) is 0 Å². The van der Waals surface area contributed by atoms with Gasteiger partial charge in [0.25, 0.3) is 0 Å². The second-order valence-corrected chi connectivity index (χ2v) is 4.66. The summed E-state index contributed by atoms with van der Waals surface area (Å²) >= 11 is 11.7. The van der Waals surface area contributed by atoms with Crippen LogP contribution in [0.25, 0.3) is 6.08 Å². The van der Waals surface area contributed by atoms with E-state index in [1.165, 1.54) is 5.57 Å². The maximum absolute atomic E-state index is 5.89. The van der Waals surface area contributed by atoms with E-state index in [-0.39, 0.29) is 0 Å². The lowest BCUT2D eigenvalue weighted by molar-refractivity contribution is 0.975. The second-order valence-electron chi connectivity index (χ2n) is 3.74. The van der Waals surface area contributed by atoms with Gasteiger partial charge in [-0.05, 0) is 42.2 Å². The van der Waals surface area contributed by atoms with Crippen LogP contribution in [0.4, 0.5) is 0 Å². The lowest BCUT2D eigenvalue weighted by Gasteiger charge is -2.06. The molecule has 82 valence electrons. The highest BCUT2D eigenvalue weighted by molar-refractivity contribution is 6.30. The number of rotatable bonds is 2. The minimum atomic E-state index is 0.767. The summed E-state index contributed by atoms with van der Waals surface area (Å²) in [5, 5.41) is 1.70. The molecule has 1 aromatic carbocycles. The lowest BCUT2D eigenvalue weighted by Crippen LogP contribution is -1.86. The third-order valence-electron chi connectivity index (χ3n) is 2.49. The third-order valence-corrected chi connectivity index (χ3v) is 3.06. The molecule has 0 fully saturated rings. The summed E-state index contributed by atoms with van der Waals surface area (Å²) in [7, 11) is 0. The Labute approximate surface area is 106 Å². The van der Waals surface area contributed by atoms with Gasteiger partial charge in [0.1, 0.15) is 0 Å². The van der Waals surface area contributed by atoms with Crippen molar-refractivity contribution in [3.8, 4) is 0 Å². The fourth-order valence-electron chi connectivity index (χ4n) is 1.54. The van der Waals surface area contributed by atoms with E-state index < -0.39 is 0 Å². The monoisotopic (exact) mass is 250 g/mol. The van der Waals surface area contributed by atoms with Gasteiger partial charge in [-0.3, -0.25) is 0 Å². The average molecular weight is 251 g/mol. The molecule has 1 aromatic rings. The first-order valence-electron chi connectivity index (χ1n) is 5.23. The molecule has 0 saturated carbocycles. The Kier molecular flexibility index (Phi) is 3.87. The van der Waals surface area contributed by atoms with Gasteiger partial charge in [0, 0.05) is 10.1 Å². The number of halogens is 2. The van der Waals surface area contributed by atoms with Crippen molar-refractivity contribution in [3.63, 3.8) is 0 Å².